The molecule has 2 aromatic rings. The molecule has 0 unspecified atom stereocenters. The van der Waals surface area contributed by atoms with Gasteiger partial charge in [0.25, 0.3) is 0 Å². The molecule has 0 atom stereocenters. The van der Waals surface area contributed by atoms with E-state index in [1.54, 1.807) is 36.8 Å². The lowest BCUT2D eigenvalue weighted by atomic mass is 10.0. The highest BCUT2D eigenvalue weighted by molar-refractivity contribution is 5.92. The second kappa shape index (κ2) is 5.18. The summed E-state index contributed by atoms with van der Waals surface area (Å²) in [7, 11) is 0. The van der Waals surface area contributed by atoms with Crippen LogP contribution in [0.25, 0.3) is 11.1 Å². The maximum absolute atomic E-state index is 11.1. The van der Waals surface area contributed by atoms with Gasteiger partial charge in [0.15, 0.2) is 6.29 Å². The summed E-state index contributed by atoms with van der Waals surface area (Å²) in [5, 5.41) is 2.54. The maximum atomic E-state index is 11.1. The van der Waals surface area contributed by atoms with Crippen molar-refractivity contribution in [3.05, 3.63) is 42.4 Å². The average Bonchev–Trinajstić information content (AvgIpc) is 2.39. The zero-order valence-electron chi connectivity index (χ0n) is 9.75. The molecule has 0 aliphatic rings. The van der Waals surface area contributed by atoms with Gasteiger partial charge in [-0.05, 0) is 23.8 Å². The van der Waals surface area contributed by atoms with Crippen LogP contribution in [0.4, 0.5) is 5.82 Å². The number of anilines is 1. The number of pyridine rings is 2. The molecule has 0 aliphatic heterocycles. The van der Waals surface area contributed by atoms with E-state index in [-0.39, 0.29) is 5.91 Å². The van der Waals surface area contributed by atoms with Gasteiger partial charge in [0.1, 0.15) is 5.82 Å². The van der Waals surface area contributed by atoms with Crippen LogP contribution in [0.3, 0.4) is 0 Å². The van der Waals surface area contributed by atoms with Crippen molar-refractivity contribution in [2.45, 2.75) is 6.92 Å². The molecule has 1 N–H and O–H groups in total. The van der Waals surface area contributed by atoms with Crippen LogP contribution in [-0.4, -0.2) is 22.2 Å². The number of carbonyl (C=O) groups is 2. The van der Waals surface area contributed by atoms with Crippen molar-refractivity contribution in [3.8, 4) is 11.1 Å². The standard InChI is InChI=1S/C13H11N3O2/c1-9(18)16-13-6-11(8-17)12(7-15-13)10-2-4-14-5-3-10/h2-8H,1H3,(H,15,16,18). The van der Waals surface area contributed by atoms with Crippen molar-refractivity contribution in [2.75, 3.05) is 5.32 Å². The third kappa shape index (κ3) is 2.57. The van der Waals surface area contributed by atoms with E-state index in [0.29, 0.717) is 16.9 Å². The van der Waals surface area contributed by atoms with Gasteiger partial charge >= 0.3 is 0 Å². The van der Waals surface area contributed by atoms with E-state index in [0.717, 1.165) is 11.8 Å². The molecule has 0 saturated heterocycles. The van der Waals surface area contributed by atoms with Gasteiger partial charge in [0.2, 0.25) is 5.91 Å². The number of rotatable bonds is 3. The summed E-state index contributed by atoms with van der Waals surface area (Å²) in [6.07, 6.45) is 5.59. The predicted molar refractivity (Wildman–Crippen MR) is 67.2 cm³/mol. The number of hydrogen-bond donors (Lipinski definition) is 1. The molecule has 2 heterocycles. The van der Waals surface area contributed by atoms with E-state index in [9.17, 15) is 9.59 Å². The van der Waals surface area contributed by atoms with E-state index in [1.165, 1.54) is 6.92 Å². The Kier molecular flexibility index (Phi) is 3.43. The van der Waals surface area contributed by atoms with E-state index < -0.39 is 0 Å². The summed E-state index contributed by atoms with van der Waals surface area (Å²) in [5.41, 5.74) is 2.04. The first kappa shape index (κ1) is 11.9. The molecule has 0 aliphatic carbocycles. The number of carbonyl (C=O) groups excluding carboxylic acids is 2. The Labute approximate surface area is 104 Å². The lowest BCUT2D eigenvalue weighted by Crippen LogP contribution is -2.08. The molecule has 1 amide bonds. The van der Waals surface area contributed by atoms with Crippen LogP contribution < -0.4 is 5.32 Å². The number of nitrogens with one attached hydrogen (secondary N) is 1. The fourth-order valence-corrected chi connectivity index (χ4v) is 1.59. The Balaban J connectivity index is 2.44. The van der Waals surface area contributed by atoms with Crippen molar-refractivity contribution in [2.24, 2.45) is 0 Å². The van der Waals surface area contributed by atoms with E-state index in [1.807, 2.05) is 0 Å². The Morgan fingerprint density at radius 1 is 1.33 bits per heavy atom. The predicted octanol–water partition coefficient (Wildman–Crippen LogP) is 1.91. The largest absolute Gasteiger partial charge is 0.311 e. The molecule has 0 bridgehead atoms. The second-order valence-electron chi connectivity index (χ2n) is 3.69. The van der Waals surface area contributed by atoms with Crippen LogP contribution >= 0.6 is 0 Å². The summed E-state index contributed by atoms with van der Waals surface area (Å²) >= 11 is 0. The van der Waals surface area contributed by atoms with Crippen LogP contribution in [0.2, 0.25) is 0 Å². The van der Waals surface area contributed by atoms with Crippen LogP contribution in [-0.2, 0) is 4.79 Å². The quantitative estimate of drug-likeness (QED) is 0.833. The number of amides is 1. The Morgan fingerprint density at radius 3 is 2.67 bits per heavy atom. The zero-order chi connectivity index (χ0) is 13.0. The summed E-state index contributed by atoms with van der Waals surface area (Å²) in [6.45, 7) is 1.39. The Morgan fingerprint density at radius 2 is 2.06 bits per heavy atom. The fraction of sp³-hybridized carbons (Fsp3) is 0.0769. The summed E-state index contributed by atoms with van der Waals surface area (Å²) in [4.78, 5) is 30.0. The van der Waals surface area contributed by atoms with Crippen LogP contribution in [0.5, 0.6) is 0 Å². The number of aromatic nitrogens is 2. The lowest BCUT2D eigenvalue weighted by molar-refractivity contribution is -0.114. The highest BCUT2D eigenvalue weighted by Gasteiger charge is 2.07. The molecule has 2 rings (SSSR count). The molecule has 0 radical (unpaired) electrons. The van der Waals surface area contributed by atoms with E-state index in [2.05, 4.69) is 15.3 Å². The first-order valence-corrected chi connectivity index (χ1v) is 5.34. The summed E-state index contributed by atoms with van der Waals surface area (Å²) in [5.74, 6) is 0.137. The van der Waals surface area contributed by atoms with Gasteiger partial charge in [0.05, 0.1) is 0 Å². The lowest BCUT2D eigenvalue weighted by Gasteiger charge is -2.07. The fourth-order valence-electron chi connectivity index (χ4n) is 1.59. The molecule has 5 nitrogen and oxygen atoms in total. The van der Waals surface area contributed by atoms with Crippen molar-refractivity contribution >= 4 is 18.0 Å². The van der Waals surface area contributed by atoms with Crippen molar-refractivity contribution in [1.82, 2.24) is 9.97 Å². The summed E-state index contributed by atoms with van der Waals surface area (Å²) in [6, 6.07) is 5.13. The zero-order valence-corrected chi connectivity index (χ0v) is 9.75. The third-order valence-electron chi connectivity index (χ3n) is 2.36. The minimum absolute atomic E-state index is 0.226. The minimum atomic E-state index is -0.226. The van der Waals surface area contributed by atoms with Crippen LogP contribution in [0, 0.1) is 0 Å². The monoisotopic (exact) mass is 241 g/mol. The highest BCUT2D eigenvalue weighted by atomic mass is 16.1. The average molecular weight is 241 g/mol. The van der Waals surface area contributed by atoms with Gasteiger partial charge in [-0.25, -0.2) is 4.98 Å². The smallest absolute Gasteiger partial charge is 0.222 e. The number of aldehydes is 1. The highest BCUT2D eigenvalue weighted by Crippen LogP contribution is 2.22. The molecule has 0 fully saturated rings. The van der Waals surface area contributed by atoms with Crippen molar-refractivity contribution < 1.29 is 9.59 Å². The first-order valence-electron chi connectivity index (χ1n) is 5.34. The van der Waals surface area contributed by atoms with Gasteiger partial charge in [-0.1, -0.05) is 0 Å². The van der Waals surface area contributed by atoms with Crippen molar-refractivity contribution in [3.63, 3.8) is 0 Å². The van der Waals surface area contributed by atoms with E-state index >= 15 is 0 Å². The first-order chi connectivity index (χ1) is 8.70. The Bertz CT molecular complexity index is 582. The molecule has 0 spiro atoms. The van der Waals surface area contributed by atoms with Gasteiger partial charge in [-0.15, -0.1) is 0 Å². The van der Waals surface area contributed by atoms with Gasteiger partial charge in [-0.3, -0.25) is 14.6 Å². The molecule has 0 saturated carbocycles. The normalized spacial score (nSPS) is 9.83. The molecular formula is C13H11N3O2. The number of nitrogens with zero attached hydrogens (tertiary/aromatic N) is 2. The molecule has 2 aromatic heterocycles. The topological polar surface area (TPSA) is 72.0 Å². The second-order valence-corrected chi connectivity index (χ2v) is 3.69. The van der Waals surface area contributed by atoms with Gasteiger partial charge in [0, 0.05) is 36.6 Å². The molecule has 90 valence electrons. The van der Waals surface area contributed by atoms with E-state index in [4.69, 9.17) is 0 Å². The minimum Gasteiger partial charge on any atom is -0.311 e. The Hall–Kier alpha value is -2.56. The van der Waals surface area contributed by atoms with Crippen LogP contribution in [0.1, 0.15) is 17.3 Å². The SMILES string of the molecule is CC(=O)Nc1cc(C=O)c(-c2ccncc2)cn1. The molecule has 18 heavy (non-hydrogen) atoms. The number of hydrogen-bond acceptors (Lipinski definition) is 4. The third-order valence-corrected chi connectivity index (χ3v) is 2.36. The van der Waals surface area contributed by atoms with Crippen molar-refractivity contribution in [1.29, 1.82) is 0 Å². The van der Waals surface area contributed by atoms with Gasteiger partial charge in [-0.2, -0.15) is 0 Å². The molecule has 5 heteroatoms. The molecule has 0 aromatic carbocycles. The summed E-state index contributed by atoms with van der Waals surface area (Å²) < 4.78 is 0. The van der Waals surface area contributed by atoms with Gasteiger partial charge < -0.3 is 5.32 Å². The van der Waals surface area contributed by atoms with Crippen LogP contribution in [0.15, 0.2) is 36.8 Å². The maximum Gasteiger partial charge on any atom is 0.222 e. The molecular weight excluding hydrogens is 230 g/mol.